The van der Waals surface area contributed by atoms with Gasteiger partial charge >= 0.3 is 0 Å². The lowest BCUT2D eigenvalue weighted by atomic mass is 10.1. The van der Waals surface area contributed by atoms with E-state index in [-0.39, 0.29) is 16.9 Å². The Kier molecular flexibility index (Phi) is 11.9. The molecular formula is C47H44ClF2N13. The predicted octanol–water partition coefficient (Wildman–Crippen LogP) is 9.13. The summed E-state index contributed by atoms with van der Waals surface area (Å²) in [7, 11) is 5.89. The van der Waals surface area contributed by atoms with Gasteiger partial charge in [0, 0.05) is 79.2 Å². The van der Waals surface area contributed by atoms with E-state index in [1.54, 1.807) is 37.6 Å². The van der Waals surface area contributed by atoms with Gasteiger partial charge in [0.05, 0.1) is 35.9 Å². The summed E-state index contributed by atoms with van der Waals surface area (Å²) in [5.41, 5.74) is 11.0. The van der Waals surface area contributed by atoms with Gasteiger partial charge in [-0.25, -0.2) is 23.7 Å². The van der Waals surface area contributed by atoms with Crippen molar-refractivity contribution in [3.63, 3.8) is 0 Å². The van der Waals surface area contributed by atoms with E-state index in [4.69, 9.17) is 21.8 Å². The van der Waals surface area contributed by atoms with Crippen LogP contribution in [0.1, 0.15) is 33.6 Å². The molecule has 2 aliphatic rings. The maximum absolute atomic E-state index is 14.7. The number of aromatic nitrogens is 8. The van der Waals surface area contributed by atoms with E-state index in [2.05, 4.69) is 58.8 Å². The van der Waals surface area contributed by atoms with Crippen molar-refractivity contribution < 1.29 is 8.78 Å². The average molecular weight is 864 g/mol. The first kappa shape index (κ1) is 41.3. The van der Waals surface area contributed by atoms with Crippen molar-refractivity contribution in [3.05, 3.63) is 172 Å². The largest absolute Gasteiger partial charge is 0.357 e. The summed E-state index contributed by atoms with van der Waals surface area (Å²) >= 11 is 5.88. The second-order valence-corrected chi connectivity index (χ2v) is 15.9. The molecule has 318 valence electrons. The fourth-order valence-corrected chi connectivity index (χ4v) is 8.22. The van der Waals surface area contributed by atoms with Gasteiger partial charge in [-0.05, 0) is 97.5 Å². The van der Waals surface area contributed by atoms with Crippen molar-refractivity contribution in [1.29, 1.82) is 0 Å². The van der Waals surface area contributed by atoms with E-state index in [9.17, 15) is 8.78 Å². The molecule has 0 aliphatic carbocycles. The smallest absolute Gasteiger partial charge is 0.224 e. The third kappa shape index (κ3) is 9.26. The number of nitrogens with one attached hydrogen (secondary N) is 3. The third-order valence-electron chi connectivity index (χ3n) is 10.8. The zero-order valence-electron chi connectivity index (χ0n) is 34.9. The van der Waals surface area contributed by atoms with Crippen LogP contribution in [0, 0.1) is 11.6 Å². The molecule has 0 bridgehead atoms. The molecule has 16 heteroatoms. The number of nitrogens with zero attached hydrogens (tertiary/aromatic N) is 10. The Labute approximate surface area is 368 Å². The third-order valence-corrected chi connectivity index (χ3v) is 11.0. The lowest BCUT2D eigenvalue weighted by molar-refractivity contribution is 0.346. The molecule has 10 rings (SSSR count). The summed E-state index contributed by atoms with van der Waals surface area (Å²) < 4.78 is 33.3. The molecule has 0 unspecified atom stereocenters. The van der Waals surface area contributed by atoms with E-state index in [0.717, 1.165) is 82.6 Å². The molecule has 4 aromatic heterocycles. The first-order valence-corrected chi connectivity index (χ1v) is 20.8. The number of anilines is 5. The van der Waals surface area contributed by atoms with Crippen LogP contribution in [0.4, 0.5) is 37.7 Å². The standard InChI is InChI=1S/C24H24FN7.C23H20ClFN6/c1-26-24-27-11-10-22(29-24)28-17-7-5-6-16(12-17)13-32-23(18-8-3-4-9-20(18)25)19-14-31(2)15-21(19)30-32;1-30-13-18-20(14-30)29-31(22(18)17-7-2-3-8-19(17)25)12-15-5-4-6-16(11-15)27-21-9-10-26-23(24)28-21/h3-12H,13-15H2,1-2H3,(H2,26,27,28,29);2-11H,12-14H2,1H3,(H,26,27,28). The Hall–Kier alpha value is -7.07. The van der Waals surface area contributed by atoms with Crippen LogP contribution in [0.2, 0.25) is 5.28 Å². The molecule has 0 saturated heterocycles. The molecule has 63 heavy (non-hydrogen) atoms. The quantitative estimate of drug-likeness (QED) is 0.108. The summed E-state index contributed by atoms with van der Waals surface area (Å²) in [5.74, 6) is 1.40. The summed E-state index contributed by atoms with van der Waals surface area (Å²) in [4.78, 5) is 21.0. The fraction of sp³-hybridized carbons (Fsp3) is 0.191. The second-order valence-electron chi connectivity index (χ2n) is 15.5. The van der Waals surface area contributed by atoms with Crippen LogP contribution in [-0.2, 0) is 39.3 Å². The van der Waals surface area contributed by atoms with Gasteiger partial charge in [0.1, 0.15) is 23.3 Å². The van der Waals surface area contributed by atoms with Crippen LogP contribution in [0.5, 0.6) is 0 Å². The van der Waals surface area contributed by atoms with E-state index < -0.39 is 0 Å². The topological polar surface area (TPSA) is 130 Å². The fourth-order valence-electron chi connectivity index (χ4n) is 8.07. The van der Waals surface area contributed by atoms with Gasteiger partial charge in [0.2, 0.25) is 11.2 Å². The number of halogens is 3. The van der Waals surface area contributed by atoms with Gasteiger partial charge < -0.3 is 16.0 Å². The van der Waals surface area contributed by atoms with E-state index in [1.165, 1.54) is 12.1 Å². The highest BCUT2D eigenvalue weighted by Gasteiger charge is 2.29. The molecule has 13 nitrogen and oxygen atoms in total. The molecule has 2 aliphatic heterocycles. The highest BCUT2D eigenvalue weighted by atomic mass is 35.5. The molecule has 0 fully saturated rings. The van der Waals surface area contributed by atoms with Crippen molar-refractivity contribution in [2.45, 2.75) is 39.3 Å². The lowest BCUT2D eigenvalue weighted by Gasteiger charge is -2.14. The van der Waals surface area contributed by atoms with Crippen LogP contribution >= 0.6 is 11.6 Å². The van der Waals surface area contributed by atoms with Gasteiger partial charge in [-0.15, -0.1) is 0 Å². The Morgan fingerprint density at radius 2 is 1.08 bits per heavy atom. The molecule has 0 amide bonds. The number of fused-ring (bicyclic) bond motifs is 2. The minimum atomic E-state index is -0.239. The Balaban J connectivity index is 0.000000160. The Morgan fingerprint density at radius 1 is 0.587 bits per heavy atom. The first-order valence-electron chi connectivity index (χ1n) is 20.4. The monoisotopic (exact) mass is 863 g/mol. The zero-order valence-corrected chi connectivity index (χ0v) is 35.7. The Bertz CT molecular complexity index is 2910. The summed E-state index contributed by atoms with van der Waals surface area (Å²) in [6.07, 6.45) is 3.30. The second kappa shape index (κ2) is 18.1. The van der Waals surface area contributed by atoms with Gasteiger partial charge in [0.25, 0.3) is 0 Å². The van der Waals surface area contributed by atoms with E-state index in [1.807, 2.05) is 89.2 Å². The summed E-state index contributed by atoms with van der Waals surface area (Å²) in [6, 6.07) is 33.4. The highest BCUT2D eigenvalue weighted by molar-refractivity contribution is 6.28. The van der Waals surface area contributed by atoms with Crippen LogP contribution in [0.15, 0.2) is 122 Å². The van der Waals surface area contributed by atoms with Crippen molar-refractivity contribution in [2.75, 3.05) is 37.1 Å². The Morgan fingerprint density at radius 3 is 1.57 bits per heavy atom. The van der Waals surface area contributed by atoms with Crippen LogP contribution in [0.25, 0.3) is 22.5 Å². The number of benzene rings is 4. The van der Waals surface area contributed by atoms with Gasteiger partial charge in [-0.3, -0.25) is 19.2 Å². The molecule has 3 N–H and O–H groups in total. The molecule has 0 atom stereocenters. The minimum Gasteiger partial charge on any atom is -0.357 e. The lowest BCUT2D eigenvalue weighted by Crippen LogP contribution is -2.13. The molecule has 0 radical (unpaired) electrons. The number of rotatable bonds is 11. The van der Waals surface area contributed by atoms with Gasteiger partial charge in [-0.1, -0.05) is 48.5 Å². The molecule has 0 spiro atoms. The summed E-state index contributed by atoms with van der Waals surface area (Å²) in [5, 5.41) is 19.4. The molecule has 8 aromatic rings. The van der Waals surface area contributed by atoms with Crippen LogP contribution < -0.4 is 16.0 Å². The first-order chi connectivity index (χ1) is 30.7. The molecule has 6 heterocycles. The van der Waals surface area contributed by atoms with Crippen molar-refractivity contribution in [3.8, 4) is 22.5 Å². The maximum Gasteiger partial charge on any atom is 0.224 e. The highest BCUT2D eigenvalue weighted by Crippen LogP contribution is 2.36. The van der Waals surface area contributed by atoms with E-state index >= 15 is 0 Å². The van der Waals surface area contributed by atoms with E-state index in [0.29, 0.717) is 41.8 Å². The average Bonchev–Trinajstić information content (AvgIpc) is 4.00. The number of hydrogen-bond donors (Lipinski definition) is 3. The van der Waals surface area contributed by atoms with Gasteiger partial charge in [0.15, 0.2) is 0 Å². The number of hydrogen-bond acceptors (Lipinski definition) is 11. The van der Waals surface area contributed by atoms with Crippen LogP contribution in [-0.4, -0.2) is 70.4 Å². The van der Waals surface area contributed by atoms with Crippen molar-refractivity contribution >= 4 is 40.6 Å². The molecule has 0 saturated carbocycles. The van der Waals surface area contributed by atoms with Gasteiger partial charge in [-0.2, -0.15) is 15.2 Å². The molecular weight excluding hydrogens is 820 g/mol. The summed E-state index contributed by atoms with van der Waals surface area (Å²) in [6.45, 7) is 4.13. The molecule has 4 aromatic carbocycles. The zero-order chi connectivity index (χ0) is 43.5. The van der Waals surface area contributed by atoms with Crippen LogP contribution in [0.3, 0.4) is 0 Å². The predicted molar refractivity (Wildman–Crippen MR) is 242 cm³/mol. The minimum absolute atomic E-state index is 0.187. The SMILES string of the molecule is CN1Cc2nn(Cc3cccc(Nc4ccnc(Cl)n4)c3)c(-c3ccccc3F)c2C1.CNc1nccc(Nc2cccc(Cn3nc4c(c3-c3ccccc3F)CN(C)C4)c2)n1. The maximum atomic E-state index is 14.7. The van der Waals surface area contributed by atoms with Crippen molar-refractivity contribution in [2.24, 2.45) is 0 Å². The van der Waals surface area contributed by atoms with Crippen molar-refractivity contribution in [1.82, 2.24) is 49.3 Å². The normalized spacial score (nSPS) is 13.3.